The van der Waals surface area contributed by atoms with Crippen LogP contribution in [0.2, 0.25) is 23.2 Å². The largest absolute Gasteiger partial charge is 0.444 e. The Labute approximate surface area is 326 Å². The number of alkyl halides is 3. The van der Waals surface area contributed by atoms with Crippen LogP contribution in [0, 0.1) is 5.92 Å². The van der Waals surface area contributed by atoms with Crippen molar-refractivity contribution in [3.8, 4) is 0 Å². The summed E-state index contributed by atoms with van der Waals surface area (Å²) in [5, 5.41) is 5.44. The van der Waals surface area contributed by atoms with Crippen LogP contribution in [0.15, 0.2) is 91.0 Å². The van der Waals surface area contributed by atoms with Crippen LogP contribution in [0.1, 0.15) is 80.2 Å². The van der Waals surface area contributed by atoms with Gasteiger partial charge in [-0.1, -0.05) is 80.9 Å². The molecule has 0 saturated carbocycles. The fraction of sp³-hybridized carbons (Fsp3) is 0.357. The highest BCUT2D eigenvalue weighted by Gasteiger charge is 2.44. The molecule has 2 N–H and O–H groups in total. The topological polar surface area (TPSA) is 97.0 Å². The Bertz CT molecular complexity index is 2060. The van der Waals surface area contributed by atoms with Gasteiger partial charge in [-0.25, -0.2) is 4.79 Å². The van der Waals surface area contributed by atoms with E-state index in [-0.39, 0.29) is 39.9 Å². The zero-order valence-corrected chi connectivity index (χ0v) is 34.0. The molecule has 1 unspecified atom stereocenters. The summed E-state index contributed by atoms with van der Waals surface area (Å²) in [5.74, 6) is -2.03. The average Bonchev–Trinajstić information content (AvgIpc) is 3.08. The number of para-hydroxylation sites is 1. The van der Waals surface area contributed by atoms with Crippen LogP contribution in [0.4, 0.5) is 35.0 Å². The van der Waals surface area contributed by atoms with Gasteiger partial charge in [0, 0.05) is 17.1 Å². The van der Waals surface area contributed by atoms with Crippen LogP contribution in [0.5, 0.6) is 0 Å². The molecule has 0 bridgehead atoms. The number of ether oxygens (including phenoxy) is 1. The van der Waals surface area contributed by atoms with Gasteiger partial charge in [-0.2, -0.15) is 13.2 Å². The molecule has 0 aromatic heterocycles. The first-order chi connectivity index (χ1) is 25.6. The number of halogens is 4. The van der Waals surface area contributed by atoms with Crippen molar-refractivity contribution in [2.24, 2.45) is 5.92 Å². The molecule has 8 nitrogen and oxygen atoms in total. The highest BCUT2D eigenvalue weighted by atomic mass is 35.5. The standard InChI is InChI=1S/C42H47ClF3N3O5Si/c1-40(2,3)54-39(52)48-29-20-17-26(18-21-29)36-32(23-27-13-9-12-16-35(27)49(36)38(51)31-14-10-11-15-34(31)43)37(50)47-30-22-19-28(33(24-30)42(44,45)46)25-53-55(7,8)41(4,5)6/h9-22,24,32,36H,23,25H2,1-8H3,(H,47,50)(H,48,52)/t32?,36-/m0/s1. The second kappa shape index (κ2) is 15.8. The van der Waals surface area contributed by atoms with E-state index >= 15 is 0 Å². The number of nitrogens with zero attached hydrogens (tertiary/aromatic N) is 1. The van der Waals surface area contributed by atoms with Crippen molar-refractivity contribution < 1.29 is 36.7 Å². The summed E-state index contributed by atoms with van der Waals surface area (Å²) < 4.78 is 55.0. The average molecular weight is 794 g/mol. The lowest BCUT2D eigenvalue weighted by Crippen LogP contribution is -2.47. The fourth-order valence-electron chi connectivity index (χ4n) is 6.15. The first-order valence-electron chi connectivity index (χ1n) is 18.0. The number of carbonyl (C=O) groups is 3. The summed E-state index contributed by atoms with van der Waals surface area (Å²) in [7, 11) is -2.37. The van der Waals surface area contributed by atoms with Gasteiger partial charge >= 0.3 is 12.3 Å². The van der Waals surface area contributed by atoms with Gasteiger partial charge in [0.05, 0.1) is 34.7 Å². The first-order valence-corrected chi connectivity index (χ1v) is 21.3. The monoisotopic (exact) mass is 793 g/mol. The summed E-state index contributed by atoms with van der Waals surface area (Å²) in [6, 6.07) is 23.2. The molecule has 13 heteroatoms. The van der Waals surface area contributed by atoms with E-state index in [9.17, 15) is 27.6 Å². The second-order valence-electron chi connectivity index (χ2n) is 16.2. The smallest absolute Gasteiger partial charge is 0.416 e. The van der Waals surface area contributed by atoms with Crippen LogP contribution in [-0.4, -0.2) is 31.8 Å². The lowest BCUT2D eigenvalue weighted by Gasteiger charge is -2.42. The van der Waals surface area contributed by atoms with E-state index < -0.39 is 55.5 Å². The summed E-state index contributed by atoms with van der Waals surface area (Å²) >= 11 is 6.54. The van der Waals surface area contributed by atoms with Crippen LogP contribution in [-0.2, 0) is 33.2 Å². The highest BCUT2D eigenvalue weighted by molar-refractivity contribution is 6.74. The van der Waals surface area contributed by atoms with E-state index in [0.717, 1.165) is 6.07 Å². The Hall–Kier alpha value is -4.65. The number of fused-ring (bicyclic) bond motifs is 1. The van der Waals surface area contributed by atoms with Crippen LogP contribution >= 0.6 is 11.6 Å². The molecular weight excluding hydrogens is 747 g/mol. The van der Waals surface area contributed by atoms with Gasteiger partial charge in [-0.3, -0.25) is 19.8 Å². The molecule has 0 aliphatic carbocycles. The first kappa shape index (κ1) is 41.5. The summed E-state index contributed by atoms with van der Waals surface area (Å²) in [6.45, 7) is 15.0. The molecule has 1 heterocycles. The predicted octanol–water partition coefficient (Wildman–Crippen LogP) is 11.4. The Kier molecular flexibility index (Phi) is 12.0. The molecule has 55 heavy (non-hydrogen) atoms. The van der Waals surface area contributed by atoms with Gasteiger partial charge in [0.25, 0.3) is 5.91 Å². The van der Waals surface area contributed by atoms with Crippen molar-refractivity contribution in [1.29, 1.82) is 0 Å². The quantitative estimate of drug-likeness (QED) is 0.173. The molecule has 3 amide bonds. The molecule has 1 aliphatic heterocycles. The van der Waals surface area contributed by atoms with Crippen molar-refractivity contribution in [3.05, 3.63) is 124 Å². The van der Waals surface area contributed by atoms with Crippen LogP contribution in [0.3, 0.4) is 0 Å². The molecule has 292 valence electrons. The summed E-state index contributed by atoms with van der Waals surface area (Å²) in [6.07, 6.45) is -5.20. The van der Waals surface area contributed by atoms with E-state index in [4.69, 9.17) is 20.8 Å². The van der Waals surface area contributed by atoms with Crippen molar-refractivity contribution in [3.63, 3.8) is 0 Å². The Balaban J connectivity index is 1.55. The third-order valence-electron chi connectivity index (χ3n) is 9.99. The number of anilines is 3. The summed E-state index contributed by atoms with van der Waals surface area (Å²) in [5.41, 5.74) is 0.703. The minimum Gasteiger partial charge on any atom is -0.444 e. The number of hydrogen-bond acceptors (Lipinski definition) is 5. The molecule has 0 radical (unpaired) electrons. The minimum absolute atomic E-state index is 0.0311. The van der Waals surface area contributed by atoms with Gasteiger partial charge in [0.15, 0.2) is 8.32 Å². The molecule has 4 aromatic carbocycles. The fourth-order valence-corrected chi connectivity index (χ4v) is 7.32. The van der Waals surface area contributed by atoms with Crippen molar-refractivity contribution >= 4 is 54.9 Å². The van der Waals surface area contributed by atoms with Crippen molar-refractivity contribution in [1.82, 2.24) is 0 Å². The van der Waals surface area contributed by atoms with Gasteiger partial charge in [0.2, 0.25) is 5.91 Å². The number of nitrogens with one attached hydrogen (secondary N) is 2. The number of amides is 3. The molecule has 0 spiro atoms. The normalized spacial score (nSPS) is 16.3. The van der Waals surface area contributed by atoms with E-state index in [1.54, 1.807) is 87.5 Å². The summed E-state index contributed by atoms with van der Waals surface area (Å²) in [4.78, 5) is 43.0. The van der Waals surface area contributed by atoms with Gasteiger partial charge in [0.1, 0.15) is 5.60 Å². The lowest BCUT2D eigenvalue weighted by atomic mass is 9.80. The Morgan fingerprint density at radius 3 is 2.07 bits per heavy atom. The van der Waals surface area contributed by atoms with E-state index in [0.29, 0.717) is 22.5 Å². The SMILES string of the molecule is CC(C)(C)OC(=O)Nc1ccc([C@H]2C(C(=O)Nc3ccc(CO[Si](C)(C)C(C)(C)C)c(C(F)(F)F)c3)Cc3ccccc3N2C(=O)c2ccccc2Cl)cc1. The second-order valence-corrected chi connectivity index (χ2v) is 21.4. The van der Waals surface area contributed by atoms with Gasteiger partial charge in [-0.05, 0) is 104 Å². The Morgan fingerprint density at radius 2 is 1.45 bits per heavy atom. The maximum Gasteiger partial charge on any atom is 0.416 e. The van der Waals surface area contributed by atoms with Gasteiger partial charge in [-0.15, -0.1) is 0 Å². The Morgan fingerprint density at radius 1 is 0.836 bits per heavy atom. The third-order valence-corrected chi connectivity index (χ3v) is 14.8. The molecule has 5 rings (SSSR count). The zero-order valence-electron chi connectivity index (χ0n) is 32.2. The zero-order chi connectivity index (χ0) is 40.5. The van der Waals surface area contributed by atoms with Crippen LogP contribution < -0.4 is 15.5 Å². The minimum atomic E-state index is -4.72. The van der Waals surface area contributed by atoms with Crippen LogP contribution in [0.25, 0.3) is 0 Å². The van der Waals surface area contributed by atoms with Gasteiger partial charge < -0.3 is 14.5 Å². The van der Waals surface area contributed by atoms with E-state index in [1.807, 2.05) is 39.9 Å². The van der Waals surface area contributed by atoms with Crippen molar-refractivity contribution in [2.45, 2.75) is 90.5 Å². The molecule has 0 fully saturated rings. The molecule has 4 aromatic rings. The predicted molar refractivity (Wildman–Crippen MR) is 213 cm³/mol. The maximum atomic E-state index is 14.5. The lowest BCUT2D eigenvalue weighted by molar-refractivity contribution is -0.138. The number of hydrogen-bond donors (Lipinski definition) is 2. The van der Waals surface area contributed by atoms with E-state index in [1.165, 1.54) is 17.0 Å². The third kappa shape index (κ3) is 9.78. The molecule has 1 aliphatic rings. The maximum absolute atomic E-state index is 14.5. The molecule has 2 atom stereocenters. The molecular formula is C42H47ClF3N3O5Si. The number of benzene rings is 4. The van der Waals surface area contributed by atoms with Crippen molar-refractivity contribution in [2.75, 3.05) is 15.5 Å². The molecule has 0 saturated heterocycles. The highest BCUT2D eigenvalue weighted by Crippen LogP contribution is 2.45. The van der Waals surface area contributed by atoms with E-state index in [2.05, 4.69) is 10.6 Å². The number of carbonyl (C=O) groups excluding carboxylic acids is 3. The number of rotatable bonds is 8.